The number of carbonyl (C=O) groups is 2. The molecule has 0 saturated carbocycles. The van der Waals surface area contributed by atoms with E-state index in [1.807, 2.05) is 0 Å². The summed E-state index contributed by atoms with van der Waals surface area (Å²) >= 11 is 0. The minimum absolute atomic E-state index is 0.0591. The number of carbonyl (C=O) groups excluding carboxylic acids is 2. The number of methoxy groups -OCH3 is 1. The zero-order chi connectivity index (χ0) is 15.0. The number of fused-ring (bicyclic) bond motifs is 1. The van der Waals surface area contributed by atoms with Gasteiger partial charge in [0, 0.05) is 16.9 Å². The Balaban J connectivity index is 2.02. The van der Waals surface area contributed by atoms with Gasteiger partial charge in [0.05, 0.1) is 19.1 Å². The highest BCUT2D eigenvalue weighted by Gasteiger charge is 2.21. The molecule has 3 rings (SSSR count). The van der Waals surface area contributed by atoms with Crippen molar-refractivity contribution in [3.05, 3.63) is 53.1 Å². The van der Waals surface area contributed by atoms with Crippen LogP contribution < -0.4 is 15.8 Å². The second kappa shape index (κ2) is 4.94. The lowest BCUT2D eigenvalue weighted by Gasteiger charge is -2.09. The first-order valence-electron chi connectivity index (χ1n) is 6.49. The molecule has 2 aromatic rings. The Morgan fingerprint density at radius 3 is 2.81 bits per heavy atom. The highest BCUT2D eigenvalue weighted by atomic mass is 16.5. The van der Waals surface area contributed by atoms with E-state index in [0.29, 0.717) is 29.0 Å². The molecule has 0 spiro atoms. The first-order valence-corrected chi connectivity index (χ1v) is 6.49. The van der Waals surface area contributed by atoms with Crippen LogP contribution in [0, 0.1) is 0 Å². The maximum Gasteiger partial charge on any atom is 0.228 e. The zero-order valence-electron chi connectivity index (χ0n) is 11.5. The van der Waals surface area contributed by atoms with Crippen molar-refractivity contribution in [3.63, 3.8) is 0 Å². The van der Waals surface area contributed by atoms with Gasteiger partial charge in [-0.1, -0.05) is 0 Å². The van der Waals surface area contributed by atoms with Gasteiger partial charge in [0.25, 0.3) is 0 Å². The van der Waals surface area contributed by atoms with E-state index in [9.17, 15) is 9.59 Å². The van der Waals surface area contributed by atoms with E-state index in [2.05, 4.69) is 5.32 Å². The highest BCUT2D eigenvalue weighted by molar-refractivity contribution is 6.12. The van der Waals surface area contributed by atoms with Crippen LogP contribution >= 0.6 is 0 Å². The van der Waals surface area contributed by atoms with Gasteiger partial charge in [0.2, 0.25) is 5.91 Å². The van der Waals surface area contributed by atoms with E-state index in [0.717, 1.165) is 11.3 Å². The number of rotatable bonds is 3. The van der Waals surface area contributed by atoms with E-state index < -0.39 is 0 Å². The normalized spacial score (nSPS) is 12.7. The first-order chi connectivity index (χ1) is 10.1. The van der Waals surface area contributed by atoms with Gasteiger partial charge in [-0.3, -0.25) is 9.59 Å². The molecule has 106 valence electrons. The fourth-order valence-electron chi connectivity index (χ4n) is 2.43. The number of nitrogen functional groups attached to an aromatic ring is 1. The average molecular weight is 282 g/mol. The van der Waals surface area contributed by atoms with Crippen molar-refractivity contribution in [2.45, 2.75) is 6.42 Å². The van der Waals surface area contributed by atoms with Gasteiger partial charge in [-0.15, -0.1) is 0 Å². The van der Waals surface area contributed by atoms with Crippen LogP contribution in [0.2, 0.25) is 0 Å². The molecule has 1 aliphatic heterocycles. The van der Waals surface area contributed by atoms with Crippen LogP contribution in [0.4, 0.5) is 11.4 Å². The number of ketones is 1. The van der Waals surface area contributed by atoms with Crippen molar-refractivity contribution in [1.82, 2.24) is 0 Å². The second-order valence-electron chi connectivity index (χ2n) is 4.89. The number of hydrogen-bond acceptors (Lipinski definition) is 4. The topological polar surface area (TPSA) is 81.4 Å². The third-order valence-electron chi connectivity index (χ3n) is 3.46. The molecule has 5 nitrogen and oxygen atoms in total. The van der Waals surface area contributed by atoms with Gasteiger partial charge in [0.15, 0.2) is 5.78 Å². The molecule has 0 aromatic heterocycles. The molecule has 21 heavy (non-hydrogen) atoms. The van der Waals surface area contributed by atoms with E-state index in [4.69, 9.17) is 10.5 Å². The third-order valence-corrected chi connectivity index (χ3v) is 3.46. The largest absolute Gasteiger partial charge is 0.496 e. The van der Waals surface area contributed by atoms with Gasteiger partial charge < -0.3 is 15.8 Å². The summed E-state index contributed by atoms with van der Waals surface area (Å²) in [4.78, 5) is 24.0. The second-order valence-corrected chi connectivity index (χ2v) is 4.89. The van der Waals surface area contributed by atoms with E-state index >= 15 is 0 Å². The minimum Gasteiger partial charge on any atom is -0.496 e. The molecule has 5 heteroatoms. The number of amides is 1. The van der Waals surface area contributed by atoms with Crippen molar-refractivity contribution in [2.24, 2.45) is 0 Å². The number of benzene rings is 2. The molecule has 2 aromatic carbocycles. The molecule has 0 fully saturated rings. The van der Waals surface area contributed by atoms with Crippen LogP contribution in [0.5, 0.6) is 5.75 Å². The van der Waals surface area contributed by atoms with E-state index in [-0.39, 0.29) is 11.7 Å². The Labute approximate surface area is 121 Å². The van der Waals surface area contributed by atoms with Crippen LogP contribution in [-0.4, -0.2) is 18.8 Å². The SMILES string of the molecule is COc1ccc(N)cc1C(=O)c1ccc2c(c1)CC(=O)N2. The smallest absolute Gasteiger partial charge is 0.228 e. The summed E-state index contributed by atoms with van der Waals surface area (Å²) in [6.07, 6.45) is 0.296. The summed E-state index contributed by atoms with van der Waals surface area (Å²) in [6, 6.07) is 10.1. The summed E-state index contributed by atoms with van der Waals surface area (Å²) in [6.45, 7) is 0. The molecule has 0 bridgehead atoms. The number of nitrogens with two attached hydrogens (primary N) is 1. The monoisotopic (exact) mass is 282 g/mol. The number of nitrogens with one attached hydrogen (secondary N) is 1. The van der Waals surface area contributed by atoms with Gasteiger partial charge >= 0.3 is 0 Å². The summed E-state index contributed by atoms with van der Waals surface area (Å²) in [7, 11) is 1.51. The molecule has 0 unspecified atom stereocenters. The highest BCUT2D eigenvalue weighted by Crippen LogP contribution is 2.28. The van der Waals surface area contributed by atoms with Crippen molar-refractivity contribution in [1.29, 1.82) is 0 Å². The maximum absolute atomic E-state index is 12.6. The standard InChI is InChI=1S/C16H14N2O3/c1-21-14-5-3-11(17)8-12(14)16(20)9-2-4-13-10(6-9)7-15(19)18-13/h2-6,8H,7,17H2,1H3,(H,18,19). The van der Waals surface area contributed by atoms with Crippen LogP contribution in [0.3, 0.4) is 0 Å². The lowest BCUT2D eigenvalue weighted by atomic mass is 9.99. The molecule has 0 saturated heterocycles. The Bertz CT molecular complexity index is 753. The predicted octanol–water partition coefficient (Wildman–Crippen LogP) is 2.00. The van der Waals surface area contributed by atoms with Gasteiger partial charge in [-0.2, -0.15) is 0 Å². The lowest BCUT2D eigenvalue weighted by molar-refractivity contribution is -0.115. The molecule has 1 aliphatic rings. The fourth-order valence-corrected chi connectivity index (χ4v) is 2.43. The van der Waals surface area contributed by atoms with Crippen molar-refractivity contribution < 1.29 is 14.3 Å². The molecule has 1 amide bonds. The summed E-state index contributed by atoms with van der Waals surface area (Å²) in [5, 5.41) is 2.74. The Morgan fingerprint density at radius 1 is 1.24 bits per heavy atom. The molecule has 3 N–H and O–H groups in total. The lowest BCUT2D eigenvalue weighted by Crippen LogP contribution is -2.05. The van der Waals surface area contributed by atoms with Gasteiger partial charge in [-0.25, -0.2) is 0 Å². The summed E-state index contributed by atoms with van der Waals surface area (Å²) in [5.74, 6) is 0.237. The van der Waals surface area contributed by atoms with Crippen LogP contribution in [0.15, 0.2) is 36.4 Å². The summed E-state index contributed by atoms with van der Waals surface area (Å²) < 4.78 is 5.21. The van der Waals surface area contributed by atoms with Crippen LogP contribution in [0.1, 0.15) is 21.5 Å². The predicted molar refractivity (Wildman–Crippen MR) is 79.6 cm³/mol. The molecule has 1 heterocycles. The van der Waals surface area contributed by atoms with Gasteiger partial charge in [0.1, 0.15) is 5.75 Å². The number of ether oxygens (including phenoxy) is 1. The fraction of sp³-hybridized carbons (Fsp3) is 0.125. The minimum atomic E-state index is -0.179. The average Bonchev–Trinajstić information content (AvgIpc) is 2.85. The van der Waals surface area contributed by atoms with Crippen LogP contribution in [-0.2, 0) is 11.2 Å². The Morgan fingerprint density at radius 2 is 2.05 bits per heavy atom. The molecular formula is C16H14N2O3. The third kappa shape index (κ3) is 2.33. The maximum atomic E-state index is 12.6. The van der Waals surface area contributed by atoms with Gasteiger partial charge in [-0.05, 0) is 42.0 Å². The Hall–Kier alpha value is -2.82. The molecule has 0 aliphatic carbocycles. The molecule has 0 atom stereocenters. The Kier molecular flexibility index (Phi) is 3.10. The van der Waals surface area contributed by atoms with Crippen molar-refractivity contribution in [2.75, 3.05) is 18.2 Å². The van der Waals surface area contributed by atoms with Crippen LogP contribution in [0.25, 0.3) is 0 Å². The van der Waals surface area contributed by atoms with Crippen molar-refractivity contribution in [3.8, 4) is 5.75 Å². The molecule has 0 radical (unpaired) electrons. The van der Waals surface area contributed by atoms with E-state index in [1.165, 1.54) is 7.11 Å². The molecular weight excluding hydrogens is 268 g/mol. The van der Waals surface area contributed by atoms with Crippen molar-refractivity contribution >= 4 is 23.1 Å². The number of hydrogen-bond donors (Lipinski definition) is 2. The zero-order valence-corrected chi connectivity index (χ0v) is 11.5. The number of anilines is 2. The first kappa shape index (κ1) is 13.2. The summed E-state index contributed by atoms with van der Waals surface area (Å²) in [5.41, 5.74) is 8.75. The van der Waals surface area contributed by atoms with E-state index in [1.54, 1.807) is 36.4 Å². The quantitative estimate of drug-likeness (QED) is 0.666.